The van der Waals surface area contributed by atoms with Crippen molar-refractivity contribution >= 4 is 32.6 Å². The summed E-state index contributed by atoms with van der Waals surface area (Å²) in [6, 6.07) is 5.81. The molecule has 0 aliphatic heterocycles. The molecule has 1 aromatic rings. The Hall–Kier alpha value is -1.21. The summed E-state index contributed by atoms with van der Waals surface area (Å²) < 4.78 is 26.9. The third kappa shape index (κ3) is 3.42. The van der Waals surface area contributed by atoms with E-state index in [2.05, 4.69) is 4.40 Å². The molecule has 16 heavy (non-hydrogen) atoms. The molecule has 88 valence electrons. The second kappa shape index (κ2) is 5.22. The largest absolute Gasteiger partial charge is 0.399 e. The third-order valence-electron chi connectivity index (χ3n) is 1.68. The van der Waals surface area contributed by atoms with Crippen molar-refractivity contribution in [2.75, 3.05) is 11.5 Å². The van der Waals surface area contributed by atoms with Crippen molar-refractivity contribution in [3.05, 3.63) is 24.3 Å². The molecule has 0 saturated carbocycles. The number of hydrogen-bond acceptors (Lipinski definition) is 4. The fourth-order valence-electron chi connectivity index (χ4n) is 0.985. The first-order valence-corrected chi connectivity index (χ1v) is 6.97. The van der Waals surface area contributed by atoms with Gasteiger partial charge in [0.25, 0.3) is 10.0 Å². The fourth-order valence-corrected chi connectivity index (χ4v) is 2.61. The second-order valence-electron chi connectivity index (χ2n) is 2.91. The zero-order valence-corrected chi connectivity index (χ0v) is 10.4. The molecule has 0 bridgehead atoms. The van der Waals surface area contributed by atoms with E-state index in [1.807, 2.05) is 6.92 Å². The number of nitrogens with zero attached hydrogens (tertiary/aromatic N) is 1. The van der Waals surface area contributed by atoms with Crippen molar-refractivity contribution in [3.8, 4) is 0 Å². The molecule has 0 radical (unpaired) electrons. The Morgan fingerprint density at radius 3 is 2.44 bits per heavy atom. The van der Waals surface area contributed by atoms with Crippen LogP contribution in [0.2, 0.25) is 0 Å². The summed E-state index contributed by atoms with van der Waals surface area (Å²) in [6.45, 7) is 1.86. The maximum absolute atomic E-state index is 11.7. The van der Waals surface area contributed by atoms with Gasteiger partial charge in [-0.05, 0) is 30.0 Å². The van der Waals surface area contributed by atoms with Crippen LogP contribution < -0.4 is 11.5 Å². The quantitative estimate of drug-likeness (QED) is 0.480. The molecule has 0 unspecified atom stereocenters. The van der Waals surface area contributed by atoms with Crippen molar-refractivity contribution in [1.29, 1.82) is 0 Å². The summed E-state index contributed by atoms with van der Waals surface area (Å²) in [4.78, 5) is 0.0846. The van der Waals surface area contributed by atoms with Gasteiger partial charge in [-0.1, -0.05) is 18.7 Å². The number of sulfonamides is 1. The van der Waals surface area contributed by atoms with Crippen molar-refractivity contribution in [2.45, 2.75) is 11.8 Å². The number of nitrogen functional groups attached to an aromatic ring is 1. The molecule has 0 aliphatic carbocycles. The lowest BCUT2D eigenvalue weighted by molar-refractivity contribution is 0.598. The standard InChI is InChI=1S/C9H13N3O2S2/c1-2-15-9(11)12-16(13,14)8-5-3-7(10)4-6-8/h3-6H,2,10H2,1H3,(H2,11,12). The van der Waals surface area contributed by atoms with E-state index >= 15 is 0 Å². The van der Waals surface area contributed by atoms with Gasteiger partial charge in [-0.15, -0.1) is 4.40 Å². The van der Waals surface area contributed by atoms with Crippen LogP contribution in [0.3, 0.4) is 0 Å². The summed E-state index contributed by atoms with van der Waals surface area (Å²) >= 11 is 1.18. The topological polar surface area (TPSA) is 98.5 Å². The van der Waals surface area contributed by atoms with Crippen molar-refractivity contribution in [3.63, 3.8) is 0 Å². The molecule has 0 heterocycles. The van der Waals surface area contributed by atoms with E-state index in [9.17, 15) is 8.42 Å². The summed E-state index contributed by atoms with van der Waals surface area (Å²) in [5.41, 5.74) is 11.4. The Kier molecular flexibility index (Phi) is 4.19. The monoisotopic (exact) mass is 259 g/mol. The Morgan fingerprint density at radius 1 is 1.38 bits per heavy atom. The lowest BCUT2D eigenvalue weighted by Crippen LogP contribution is -2.11. The van der Waals surface area contributed by atoms with Crippen LogP contribution in [0.4, 0.5) is 5.69 Å². The minimum atomic E-state index is -3.71. The zero-order chi connectivity index (χ0) is 12.2. The molecule has 1 rings (SSSR count). The predicted molar refractivity (Wildman–Crippen MR) is 67.8 cm³/mol. The number of benzene rings is 1. The van der Waals surface area contributed by atoms with E-state index in [0.29, 0.717) is 11.4 Å². The van der Waals surface area contributed by atoms with Crippen LogP contribution in [0.1, 0.15) is 6.92 Å². The molecule has 0 atom stereocenters. The van der Waals surface area contributed by atoms with Crippen LogP contribution in [0.25, 0.3) is 0 Å². The minimum Gasteiger partial charge on any atom is -0.399 e. The van der Waals surface area contributed by atoms with Crippen LogP contribution in [-0.2, 0) is 10.0 Å². The Balaban J connectivity index is 3.03. The van der Waals surface area contributed by atoms with E-state index in [-0.39, 0.29) is 10.1 Å². The van der Waals surface area contributed by atoms with Crippen molar-refractivity contribution in [2.24, 2.45) is 10.1 Å². The summed E-state index contributed by atoms with van der Waals surface area (Å²) in [5.74, 6) is 0.673. The molecule has 7 heteroatoms. The first-order valence-electron chi connectivity index (χ1n) is 4.54. The van der Waals surface area contributed by atoms with Gasteiger partial charge in [0.1, 0.15) is 0 Å². The average Bonchev–Trinajstić information content (AvgIpc) is 2.17. The number of amidine groups is 1. The zero-order valence-electron chi connectivity index (χ0n) is 8.75. The number of anilines is 1. The molecule has 0 aliphatic rings. The van der Waals surface area contributed by atoms with E-state index in [1.165, 1.54) is 36.0 Å². The number of rotatable bonds is 3. The molecular formula is C9H13N3O2S2. The van der Waals surface area contributed by atoms with Crippen LogP contribution in [0.5, 0.6) is 0 Å². The first-order chi connectivity index (χ1) is 7.45. The number of nitrogens with two attached hydrogens (primary N) is 2. The lowest BCUT2D eigenvalue weighted by atomic mass is 10.3. The van der Waals surface area contributed by atoms with Gasteiger partial charge in [-0.3, -0.25) is 0 Å². The number of thioether (sulfide) groups is 1. The summed E-state index contributed by atoms with van der Waals surface area (Å²) in [7, 11) is -3.71. The highest BCUT2D eigenvalue weighted by molar-refractivity contribution is 8.14. The van der Waals surface area contributed by atoms with Crippen molar-refractivity contribution in [1.82, 2.24) is 0 Å². The molecular weight excluding hydrogens is 246 g/mol. The number of hydrogen-bond donors (Lipinski definition) is 2. The van der Waals surface area contributed by atoms with Gasteiger partial charge in [-0.2, -0.15) is 8.42 Å². The van der Waals surface area contributed by atoms with E-state index in [1.54, 1.807) is 0 Å². The van der Waals surface area contributed by atoms with Gasteiger partial charge in [0.2, 0.25) is 0 Å². The van der Waals surface area contributed by atoms with Gasteiger partial charge in [0.05, 0.1) is 4.90 Å². The highest BCUT2D eigenvalue weighted by atomic mass is 32.2. The molecule has 0 amide bonds. The smallest absolute Gasteiger partial charge is 0.284 e. The van der Waals surface area contributed by atoms with Crippen LogP contribution in [-0.4, -0.2) is 19.3 Å². The first kappa shape index (κ1) is 12.9. The molecule has 0 spiro atoms. The average molecular weight is 259 g/mol. The van der Waals surface area contributed by atoms with Gasteiger partial charge in [0, 0.05) is 5.69 Å². The molecule has 0 aromatic heterocycles. The van der Waals surface area contributed by atoms with Crippen LogP contribution >= 0.6 is 11.8 Å². The highest BCUT2D eigenvalue weighted by Crippen LogP contribution is 2.15. The normalized spacial score (nSPS) is 12.7. The van der Waals surface area contributed by atoms with Crippen LogP contribution in [0.15, 0.2) is 33.6 Å². The molecule has 4 N–H and O–H groups in total. The maximum atomic E-state index is 11.7. The SMILES string of the molecule is CCS/C(N)=N/S(=O)(=O)c1ccc(N)cc1. The summed E-state index contributed by atoms with van der Waals surface area (Å²) in [5, 5.41) is 0.0410. The Morgan fingerprint density at radius 2 is 1.94 bits per heavy atom. The second-order valence-corrected chi connectivity index (χ2v) is 5.80. The predicted octanol–water partition coefficient (Wildman–Crippen LogP) is 1.03. The molecule has 1 aromatic carbocycles. The maximum Gasteiger partial charge on any atom is 0.284 e. The minimum absolute atomic E-state index is 0.0410. The van der Waals surface area contributed by atoms with E-state index in [0.717, 1.165) is 0 Å². The van der Waals surface area contributed by atoms with Gasteiger partial charge < -0.3 is 11.5 Å². The molecule has 0 fully saturated rings. The molecule has 0 saturated heterocycles. The Labute approximate surface area is 99.0 Å². The summed E-state index contributed by atoms with van der Waals surface area (Å²) in [6.07, 6.45) is 0. The highest BCUT2D eigenvalue weighted by Gasteiger charge is 2.12. The van der Waals surface area contributed by atoms with Gasteiger partial charge in [0.15, 0.2) is 5.17 Å². The van der Waals surface area contributed by atoms with Crippen LogP contribution in [0, 0.1) is 0 Å². The van der Waals surface area contributed by atoms with Crippen molar-refractivity contribution < 1.29 is 8.42 Å². The third-order valence-corrected chi connectivity index (χ3v) is 3.78. The molecule has 5 nitrogen and oxygen atoms in total. The fraction of sp³-hybridized carbons (Fsp3) is 0.222. The van der Waals surface area contributed by atoms with E-state index < -0.39 is 10.0 Å². The van der Waals surface area contributed by atoms with Gasteiger partial charge in [-0.25, -0.2) is 0 Å². The van der Waals surface area contributed by atoms with E-state index in [4.69, 9.17) is 11.5 Å². The van der Waals surface area contributed by atoms with Gasteiger partial charge >= 0.3 is 0 Å². The lowest BCUT2D eigenvalue weighted by Gasteiger charge is -2.01. The Bertz CT molecular complexity index is 480.